The first-order valence-corrected chi connectivity index (χ1v) is 14.1. The Morgan fingerprint density at radius 1 is 0.912 bits per heavy atom. The fraction of sp³-hybridized carbons (Fsp3) is 0.414. The zero-order valence-corrected chi connectivity index (χ0v) is 22.5. The Morgan fingerprint density at radius 3 is 1.94 bits per heavy atom. The van der Waals surface area contributed by atoms with E-state index in [4.69, 9.17) is 13.9 Å². The number of allylic oxidation sites excluding steroid dienone is 1. The third-order valence-corrected chi connectivity index (χ3v) is 10.5. The van der Waals surface area contributed by atoms with Gasteiger partial charge in [-0.25, -0.2) is 4.79 Å². The van der Waals surface area contributed by atoms with Crippen molar-refractivity contribution < 1.29 is 18.7 Å². The smallest absolute Gasteiger partial charge is 0.373 e. The van der Waals surface area contributed by atoms with Crippen LogP contribution in [0.1, 0.15) is 54.4 Å². The van der Waals surface area contributed by atoms with Crippen LogP contribution in [0.5, 0.6) is 0 Å². The van der Waals surface area contributed by atoms with E-state index in [1.165, 1.54) is 10.4 Å². The van der Waals surface area contributed by atoms with Crippen molar-refractivity contribution in [3.8, 4) is 0 Å². The molecular formula is C29H40O4Si. The lowest BCUT2D eigenvalue weighted by atomic mass is 10.2. The number of rotatable bonds is 12. The molecule has 0 amide bonds. The summed E-state index contributed by atoms with van der Waals surface area (Å²) in [5.41, 5.74) is 0. The molecule has 0 unspecified atom stereocenters. The normalized spacial score (nSPS) is 12.9. The van der Waals surface area contributed by atoms with Gasteiger partial charge in [0.15, 0.2) is 0 Å². The summed E-state index contributed by atoms with van der Waals surface area (Å²) in [4.78, 5) is 12.7. The van der Waals surface area contributed by atoms with E-state index >= 15 is 0 Å². The second-order valence-electron chi connectivity index (χ2n) is 9.57. The van der Waals surface area contributed by atoms with Gasteiger partial charge in [-0.3, -0.25) is 0 Å². The molecule has 2 aromatic carbocycles. The third-order valence-electron chi connectivity index (χ3n) is 5.49. The SMILES string of the molecule is CCC/C=C/CO/C(=C/CO[Si](c1ccccc1)(c1ccccc1)C(C)(C)C)C(=O)OC(C)C. The van der Waals surface area contributed by atoms with Gasteiger partial charge >= 0.3 is 5.97 Å². The van der Waals surface area contributed by atoms with Crippen LogP contribution in [0, 0.1) is 0 Å². The molecule has 0 heterocycles. The molecule has 0 saturated carbocycles. The molecule has 0 spiro atoms. The maximum absolute atomic E-state index is 12.7. The second kappa shape index (κ2) is 13.3. The monoisotopic (exact) mass is 480 g/mol. The number of esters is 1. The van der Waals surface area contributed by atoms with Crippen LogP contribution >= 0.6 is 0 Å². The Bertz CT molecular complexity index is 888. The quantitative estimate of drug-likeness (QED) is 0.127. The molecule has 0 saturated heterocycles. The van der Waals surface area contributed by atoms with E-state index in [9.17, 15) is 4.79 Å². The zero-order valence-electron chi connectivity index (χ0n) is 21.5. The van der Waals surface area contributed by atoms with Crippen LogP contribution in [0.3, 0.4) is 0 Å². The molecule has 0 aliphatic carbocycles. The Labute approximate surface area is 206 Å². The highest BCUT2D eigenvalue weighted by Gasteiger charge is 2.49. The van der Waals surface area contributed by atoms with E-state index in [1.807, 2.05) is 32.1 Å². The molecule has 0 aliphatic heterocycles. The van der Waals surface area contributed by atoms with Crippen molar-refractivity contribution in [1.82, 2.24) is 0 Å². The number of ether oxygens (including phenoxy) is 2. The number of hydrogen-bond acceptors (Lipinski definition) is 4. The molecule has 2 aromatic rings. The molecule has 2 rings (SSSR count). The van der Waals surface area contributed by atoms with Crippen LogP contribution < -0.4 is 10.4 Å². The molecule has 184 valence electrons. The van der Waals surface area contributed by atoms with Crippen LogP contribution in [-0.2, 0) is 18.7 Å². The third kappa shape index (κ3) is 7.44. The summed E-state index contributed by atoms with van der Waals surface area (Å²) < 4.78 is 18.1. The van der Waals surface area contributed by atoms with Gasteiger partial charge in [0.1, 0.15) is 6.61 Å². The minimum atomic E-state index is -2.70. The van der Waals surface area contributed by atoms with E-state index in [2.05, 4.69) is 82.3 Å². The van der Waals surface area contributed by atoms with Crippen LogP contribution in [0.15, 0.2) is 84.7 Å². The lowest BCUT2D eigenvalue weighted by Gasteiger charge is -2.42. The van der Waals surface area contributed by atoms with Crippen LogP contribution in [0.25, 0.3) is 0 Å². The van der Waals surface area contributed by atoms with Gasteiger partial charge in [-0.1, -0.05) is 107 Å². The van der Waals surface area contributed by atoms with Gasteiger partial charge in [0.25, 0.3) is 8.32 Å². The molecule has 0 radical (unpaired) electrons. The highest BCUT2D eigenvalue weighted by Crippen LogP contribution is 2.36. The Hall–Kier alpha value is -2.63. The van der Waals surface area contributed by atoms with Crippen molar-refractivity contribution in [3.63, 3.8) is 0 Å². The van der Waals surface area contributed by atoms with Gasteiger partial charge in [0.2, 0.25) is 5.76 Å². The van der Waals surface area contributed by atoms with Crippen molar-refractivity contribution in [3.05, 3.63) is 84.7 Å². The summed E-state index contributed by atoms with van der Waals surface area (Å²) in [6.45, 7) is 13.0. The Morgan fingerprint density at radius 2 is 1.47 bits per heavy atom. The molecule has 0 aliphatic rings. The lowest BCUT2D eigenvalue weighted by Crippen LogP contribution is -2.66. The summed E-state index contributed by atoms with van der Waals surface area (Å²) in [7, 11) is -2.70. The number of hydrogen-bond donors (Lipinski definition) is 0. The van der Waals surface area contributed by atoms with Crippen molar-refractivity contribution >= 4 is 24.7 Å². The fourth-order valence-electron chi connectivity index (χ4n) is 3.97. The van der Waals surface area contributed by atoms with Crippen LogP contribution in [0.2, 0.25) is 5.04 Å². The highest BCUT2D eigenvalue weighted by molar-refractivity contribution is 6.99. The van der Waals surface area contributed by atoms with E-state index in [0.29, 0.717) is 6.61 Å². The van der Waals surface area contributed by atoms with Gasteiger partial charge < -0.3 is 13.9 Å². The van der Waals surface area contributed by atoms with Gasteiger partial charge in [0, 0.05) is 0 Å². The van der Waals surface area contributed by atoms with Gasteiger partial charge in [-0.15, -0.1) is 0 Å². The first-order chi connectivity index (χ1) is 16.2. The molecule has 0 aromatic heterocycles. The predicted octanol–water partition coefficient (Wildman–Crippen LogP) is 5.77. The summed E-state index contributed by atoms with van der Waals surface area (Å²) in [5.74, 6) is -0.280. The summed E-state index contributed by atoms with van der Waals surface area (Å²) in [5, 5.41) is 2.24. The number of carbonyl (C=O) groups excluding carboxylic acids is 1. The minimum Gasteiger partial charge on any atom is -0.482 e. The van der Waals surface area contributed by atoms with E-state index < -0.39 is 14.3 Å². The van der Waals surface area contributed by atoms with Gasteiger partial charge in [-0.05, 0) is 41.8 Å². The van der Waals surface area contributed by atoms with Gasteiger partial charge in [0.05, 0.1) is 12.7 Å². The van der Waals surface area contributed by atoms with Crippen LogP contribution in [0.4, 0.5) is 0 Å². The summed E-state index contributed by atoms with van der Waals surface area (Å²) in [6, 6.07) is 20.9. The molecule has 34 heavy (non-hydrogen) atoms. The number of unbranched alkanes of at least 4 members (excludes halogenated alkanes) is 1. The average molecular weight is 481 g/mol. The fourth-order valence-corrected chi connectivity index (χ4v) is 8.46. The molecule has 0 bridgehead atoms. The number of carbonyl (C=O) groups is 1. The highest BCUT2D eigenvalue weighted by atomic mass is 28.4. The van der Waals surface area contributed by atoms with Gasteiger partial charge in [-0.2, -0.15) is 0 Å². The number of benzene rings is 2. The Balaban J connectivity index is 2.40. The second-order valence-corrected chi connectivity index (χ2v) is 13.9. The van der Waals surface area contributed by atoms with Crippen molar-refractivity contribution in [2.45, 2.75) is 65.5 Å². The maximum Gasteiger partial charge on any atom is 0.373 e. The van der Waals surface area contributed by atoms with E-state index in [-0.39, 0.29) is 23.5 Å². The van der Waals surface area contributed by atoms with E-state index in [0.717, 1.165) is 12.8 Å². The molecule has 0 fully saturated rings. The van der Waals surface area contributed by atoms with Crippen molar-refractivity contribution in [2.75, 3.05) is 13.2 Å². The molecule has 4 nitrogen and oxygen atoms in total. The minimum absolute atomic E-state index is 0.147. The predicted molar refractivity (Wildman–Crippen MR) is 143 cm³/mol. The topological polar surface area (TPSA) is 44.8 Å². The standard InChI is InChI=1S/C29H40O4Si/c1-7-8-9-16-22-31-27(28(30)33-24(2)3)21-23-32-34(29(4,5)6,25-17-12-10-13-18-25)26-19-14-11-15-20-26/h9-21,24H,7-8,22-23H2,1-6H3/b16-9+,27-21+. The molecule has 5 heteroatoms. The summed E-state index contributed by atoms with van der Waals surface area (Å²) >= 11 is 0. The molecular weight excluding hydrogens is 440 g/mol. The van der Waals surface area contributed by atoms with E-state index in [1.54, 1.807) is 6.08 Å². The van der Waals surface area contributed by atoms with Crippen molar-refractivity contribution in [1.29, 1.82) is 0 Å². The van der Waals surface area contributed by atoms with Crippen molar-refractivity contribution in [2.24, 2.45) is 0 Å². The first kappa shape index (κ1) is 27.6. The largest absolute Gasteiger partial charge is 0.482 e. The zero-order chi connectivity index (χ0) is 25.0. The first-order valence-electron chi connectivity index (χ1n) is 12.2. The van der Waals surface area contributed by atoms with Crippen LogP contribution in [-0.4, -0.2) is 33.6 Å². The maximum atomic E-state index is 12.7. The molecule has 0 N–H and O–H groups in total. The molecule has 0 atom stereocenters. The summed E-state index contributed by atoms with van der Waals surface area (Å²) in [6.07, 6.45) is 7.54. The lowest BCUT2D eigenvalue weighted by molar-refractivity contribution is -0.146. The Kier molecular flexibility index (Phi) is 10.8. The average Bonchev–Trinajstić information content (AvgIpc) is 2.80.